The lowest BCUT2D eigenvalue weighted by Crippen LogP contribution is -2.36. The Bertz CT molecular complexity index is 1190. The molecule has 8 heteroatoms. The van der Waals surface area contributed by atoms with Crippen LogP contribution in [0, 0.1) is 5.41 Å². The summed E-state index contributed by atoms with van der Waals surface area (Å²) in [6, 6.07) is 8.74. The zero-order valence-corrected chi connectivity index (χ0v) is 18.5. The number of ketones is 1. The van der Waals surface area contributed by atoms with Crippen molar-refractivity contribution in [3.05, 3.63) is 52.5 Å². The highest BCUT2D eigenvalue weighted by molar-refractivity contribution is 7.13. The van der Waals surface area contributed by atoms with Gasteiger partial charge in [0, 0.05) is 17.7 Å². The monoisotopic (exact) mass is 436 g/mol. The van der Waals surface area contributed by atoms with Crippen LogP contribution in [0.15, 0.2) is 47.0 Å². The van der Waals surface area contributed by atoms with E-state index >= 15 is 0 Å². The molecule has 1 aliphatic carbocycles. The number of aromatic hydroxyl groups is 1. The molecule has 1 unspecified atom stereocenters. The Hall–Kier alpha value is -3.13. The number of hydrogen-bond acceptors (Lipinski definition) is 7. The van der Waals surface area contributed by atoms with Gasteiger partial charge < -0.3 is 15.2 Å². The lowest BCUT2D eigenvalue weighted by atomic mass is 9.73. The highest BCUT2D eigenvalue weighted by Gasteiger charge is 2.42. The average Bonchev–Trinajstić information content (AvgIpc) is 3.36. The number of carbonyl (C=O) groups excluding carboxylic acids is 1. The predicted octanol–water partition coefficient (Wildman–Crippen LogP) is 4.77. The molecule has 0 spiro atoms. The lowest BCUT2D eigenvalue weighted by Gasteiger charge is -2.38. The number of ether oxygens (including phenoxy) is 1. The second-order valence-corrected chi connectivity index (χ2v) is 9.65. The van der Waals surface area contributed by atoms with Gasteiger partial charge in [0.05, 0.1) is 11.5 Å². The van der Waals surface area contributed by atoms with Crippen molar-refractivity contribution in [1.82, 2.24) is 14.8 Å². The number of benzene rings is 1. The van der Waals surface area contributed by atoms with Crippen LogP contribution in [0.4, 0.5) is 5.95 Å². The van der Waals surface area contributed by atoms with Gasteiger partial charge >= 0.3 is 0 Å². The van der Waals surface area contributed by atoms with Crippen LogP contribution in [0.2, 0.25) is 0 Å². The van der Waals surface area contributed by atoms with Gasteiger partial charge in [0.2, 0.25) is 5.95 Å². The van der Waals surface area contributed by atoms with Crippen LogP contribution in [0.1, 0.15) is 45.2 Å². The fourth-order valence-electron chi connectivity index (χ4n) is 4.40. The largest absolute Gasteiger partial charge is 0.504 e. The highest BCUT2D eigenvalue weighted by atomic mass is 32.1. The molecule has 0 saturated heterocycles. The first kappa shape index (κ1) is 19.8. The fraction of sp³-hybridized carbons (Fsp3) is 0.348. The molecule has 2 aliphatic rings. The van der Waals surface area contributed by atoms with E-state index in [2.05, 4.69) is 19.2 Å². The first-order chi connectivity index (χ1) is 14.9. The van der Waals surface area contributed by atoms with Crippen molar-refractivity contribution in [3.8, 4) is 22.2 Å². The number of hydrogen-bond donors (Lipinski definition) is 2. The van der Waals surface area contributed by atoms with E-state index in [0.717, 1.165) is 22.6 Å². The van der Waals surface area contributed by atoms with Crippen LogP contribution in [-0.2, 0) is 4.79 Å². The number of anilines is 1. The number of Topliss-reactive ketones (excluding diaryl/α,β-unsaturated/α-hetero) is 1. The van der Waals surface area contributed by atoms with Gasteiger partial charge in [-0.15, -0.1) is 16.4 Å². The summed E-state index contributed by atoms with van der Waals surface area (Å²) < 4.78 is 7.39. The Kier molecular flexibility index (Phi) is 4.62. The van der Waals surface area contributed by atoms with Crippen molar-refractivity contribution in [2.24, 2.45) is 5.41 Å². The summed E-state index contributed by atoms with van der Waals surface area (Å²) in [5, 5.41) is 20.3. The van der Waals surface area contributed by atoms with E-state index in [-0.39, 0.29) is 16.9 Å². The summed E-state index contributed by atoms with van der Waals surface area (Å²) in [6.45, 7) is 6.51. The third-order valence-corrected chi connectivity index (χ3v) is 6.54. The van der Waals surface area contributed by atoms with E-state index in [9.17, 15) is 9.90 Å². The fourth-order valence-corrected chi connectivity index (χ4v) is 5.05. The van der Waals surface area contributed by atoms with Crippen molar-refractivity contribution in [2.45, 2.75) is 39.7 Å². The molecule has 1 atom stereocenters. The van der Waals surface area contributed by atoms with E-state index in [1.54, 1.807) is 28.2 Å². The normalized spacial score (nSPS) is 19.6. The molecule has 160 valence electrons. The molecule has 2 N–H and O–H groups in total. The summed E-state index contributed by atoms with van der Waals surface area (Å²) in [5.41, 5.74) is 2.31. The molecule has 2 aromatic heterocycles. The molecule has 5 rings (SSSR count). The molecule has 3 aromatic rings. The molecule has 0 saturated carbocycles. The minimum Gasteiger partial charge on any atom is -0.504 e. The van der Waals surface area contributed by atoms with Crippen LogP contribution < -0.4 is 10.1 Å². The highest BCUT2D eigenvalue weighted by Crippen LogP contribution is 2.46. The molecular formula is C23H24N4O3S. The number of aromatic nitrogens is 3. The Morgan fingerprint density at radius 2 is 2.16 bits per heavy atom. The van der Waals surface area contributed by atoms with Crippen LogP contribution in [0.25, 0.3) is 10.7 Å². The standard InChI is InChI=1S/C23H24N4O3S/c1-4-30-17-10-13(7-8-15(17)28)20-19-14(11-23(2,3)12-16(19)29)24-22-25-21(26-27(20)22)18-6-5-9-31-18/h5-10,20,28H,4,11-12H2,1-3H3,(H,24,25,26). The van der Waals surface area contributed by atoms with Gasteiger partial charge in [-0.25, -0.2) is 4.68 Å². The number of allylic oxidation sites excluding steroid dienone is 2. The minimum atomic E-state index is -0.434. The van der Waals surface area contributed by atoms with Gasteiger partial charge in [-0.2, -0.15) is 4.98 Å². The third-order valence-electron chi connectivity index (χ3n) is 5.67. The SMILES string of the molecule is CCOc1cc(C2C3=C(CC(C)(C)CC3=O)Nc3nc(-c4cccs4)nn32)ccc1O. The van der Waals surface area contributed by atoms with Crippen LogP contribution in [0.3, 0.4) is 0 Å². The third kappa shape index (κ3) is 3.40. The maximum absolute atomic E-state index is 13.3. The van der Waals surface area contributed by atoms with Crippen molar-refractivity contribution in [2.75, 3.05) is 11.9 Å². The summed E-state index contributed by atoms with van der Waals surface area (Å²) in [7, 11) is 0. The van der Waals surface area contributed by atoms with E-state index in [0.29, 0.717) is 36.1 Å². The van der Waals surface area contributed by atoms with Crippen molar-refractivity contribution >= 4 is 23.1 Å². The quantitative estimate of drug-likeness (QED) is 0.612. The summed E-state index contributed by atoms with van der Waals surface area (Å²) in [5.74, 6) is 1.81. The maximum atomic E-state index is 13.3. The molecule has 7 nitrogen and oxygen atoms in total. The van der Waals surface area contributed by atoms with Crippen LogP contribution >= 0.6 is 11.3 Å². The first-order valence-corrected chi connectivity index (χ1v) is 11.2. The van der Waals surface area contributed by atoms with Crippen molar-refractivity contribution in [3.63, 3.8) is 0 Å². The number of nitrogens with one attached hydrogen (secondary N) is 1. The first-order valence-electron chi connectivity index (χ1n) is 10.4. The Balaban J connectivity index is 1.69. The molecule has 0 fully saturated rings. The Morgan fingerprint density at radius 3 is 2.90 bits per heavy atom. The predicted molar refractivity (Wildman–Crippen MR) is 119 cm³/mol. The van der Waals surface area contributed by atoms with Gasteiger partial charge in [0.25, 0.3) is 0 Å². The zero-order valence-electron chi connectivity index (χ0n) is 17.7. The molecule has 1 aliphatic heterocycles. The molecule has 31 heavy (non-hydrogen) atoms. The summed E-state index contributed by atoms with van der Waals surface area (Å²) in [4.78, 5) is 19.0. The topological polar surface area (TPSA) is 89.3 Å². The van der Waals surface area contributed by atoms with E-state index in [4.69, 9.17) is 14.8 Å². The number of phenols is 1. The van der Waals surface area contributed by atoms with E-state index in [1.165, 1.54) is 0 Å². The number of fused-ring (bicyclic) bond motifs is 1. The number of thiophene rings is 1. The Morgan fingerprint density at radius 1 is 1.32 bits per heavy atom. The lowest BCUT2D eigenvalue weighted by molar-refractivity contribution is -0.118. The second kappa shape index (κ2) is 7.23. The minimum absolute atomic E-state index is 0.0722. The summed E-state index contributed by atoms with van der Waals surface area (Å²) >= 11 is 1.57. The van der Waals surface area contributed by atoms with Gasteiger partial charge in [-0.3, -0.25) is 4.79 Å². The number of nitrogens with zero attached hydrogens (tertiary/aromatic N) is 3. The summed E-state index contributed by atoms with van der Waals surface area (Å²) in [6.07, 6.45) is 1.23. The van der Waals surface area contributed by atoms with Crippen molar-refractivity contribution < 1.29 is 14.6 Å². The molecule has 0 radical (unpaired) electrons. The smallest absolute Gasteiger partial charge is 0.226 e. The molecular weight excluding hydrogens is 412 g/mol. The molecule has 0 bridgehead atoms. The van der Waals surface area contributed by atoms with Crippen LogP contribution in [0.5, 0.6) is 11.5 Å². The molecule has 3 heterocycles. The number of phenolic OH excluding ortho intramolecular Hbond substituents is 1. The van der Waals surface area contributed by atoms with Gasteiger partial charge in [-0.1, -0.05) is 26.0 Å². The van der Waals surface area contributed by atoms with Gasteiger partial charge in [-0.05, 0) is 47.9 Å². The number of rotatable bonds is 4. The van der Waals surface area contributed by atoms with Crippen molar-refractivity contribution in [1.29, 1.82) is 0 Å². The van der Waals surface area contributed by atoms with E-state index in [1.807, 2.05) is 30.5 Å². The maximum Gasteiger partial charge on any atom is 0.226 e. The number of carbonyl (C=O) groups is 1. The van der Waals surface area contributed by atoms with Gasteiger partial charge in [0.15, 0.2) is 23.1 Å². The van der Waals surface area contributed by atoms with E-state index < -0.39 is 6.04 Å². The molecule has 0 amide bonds. The second-order valence-electron chi connectivity index (χ2n) is 8.70. The van der Waals surface area contributed by atoms with Gasteiger partial charge in [0.1, 0.15) is 6.04 Å². The average molecular weight is 437 g/mol. The molecule has 1 aromatic carbocycles. The Labute approximate surface area is 184 Å². The zero-order chi connectivity index (χ0) is 21.8. The van der Waals surface area contributed by atoms with Crippen LogP contribution in [-0.4, -0.2) is 32.3 Å².